The molecule has 5 heteroatoms. The van der Waals surface area contributed by atoms with Gasteiger partial charge in [-0.3, -0.25) is 0 Å². The van der Waals surface area contributed by atoms with E-state index in [1.807, 2.05) is 12.1 Å². The van der Waals surface area contributed by atoms with Gasteiger partial charge in [-0.1, -0.05) is 0 Å². The molecular formula is C12H17N3O2. The number of rotatable bonds is 1. The summed E-state index contributed by atoms with van der Waals surface area (Å²) in [7, 11) is 0. The molecule has 5 nitrogen and oxygen atoms in total. The standard InChI is InChI=1S/C12H17N3O2/c13-9-7-10(15-3-1-14-2-4-15)12-11(8-9)16-5-6-17-12/h7-8,14H,1-6,13H2. The molecule has 1 saturated heterocycles. The Morgan fingerprint density at radius 3 is 2.71 bits per heavy atom. The molecule has 92 valence electrons. The third kappa shape index (κ3) is 1.98. The molecule has 0 radical (unpaired) electrons. The van der Waals surface area contributed by atoms with Gasteiger partial charge in [0.25, 0.3) is 0 Å². The van der Waals surface area contributed by atoms with Crippen molar-refractivity contribution in [3.8, 4) is 11.5 Å². The Bertz CT molecular complexity index is 416. The zero-order valence-electron chi connectivity index (χ0n) is 9.74. The van der Waals surface area contributed by atoms with Gasteiger partial charge in [-0.25, -0.2) is 0 Å². The fourth-order valence-corrected chi connectivity index (χ4v) is 2.30. The van der Waals surface area contributed by atoms with Gasteiger partial charge in [0.15, 0.2) is 11.5 Å². The van der Waals surface area contributed by atoms with Gasteiger partial charge < -0.3 is 25.4 Å². The minimum absolute atomic E-state index is 0.595. The maximum Gasteiger partial charge on any atom is 0.184 e. The van der Waals surface area contributed by atoms with E-state index < -0.39 is 0 Å². The maximum atomic E-state index is 5.91. The third-order valence-electron chi connectivity index (χ3n) is 3.10. The number of piperazine rings is 1. The van der Waals surface area contributed by atoms with Crippen LogP contribution in [-0.2, 0) is 0 Å². The number of nitrogens with two attached hydrogens (primary N) is 1. The van der Waals surface area contributed by atoms with Crippen molar-refractivity contribution in [1.29, 1.82) is 0 Å². The van der Waals surface area contributed by atoms with Crippen LogP contribution in [0, 0.1) is 0 Å². The van der Waals surface area contributed by atoms with Gasteiger partial charge in [0.2, 0.25) is 0 Å². The maximum absolute atomic E-state index is 5.91. The zero-order valence-corrected chi connectivity index (χ0v) is 9.74. The van der Waals surface area contributed by atoms with E-state index in [0.717, 1.165) is 49.1 Å². The van der Waals surface area contributed by atoms with Gasteiger partial charge in [-0.2, -0.15) is 0 Å². The second-order valence-corrected chi connectivity index (χ2v) is 4.30. The summed E-state index contributed by atoms with van der Waals surface area (Å²) in [6, 6.07) is 3.80. The van der Waals surface area contributed by atoms with Crippen molar-refractivity contribution in [3.05, 3.63) is 12.1 Å². The van der Waals surface area contributed by atoms with E-state index in [2.05, 4.69) is 10.2 Å². The molecule has 0 aromatic heterocycles. The van der Waals surface area contributed by atoms with E-state index in [0.29, 0.717) is 13.2 Å². The minimum Gasteiger partial charge on any atom is -0.486 e. The van der Waals surface area contributed by atoms with Crippen LogP contribution in [0.2, 0.25) is 0 Å². The van der Waals surface area contributed by atoms with Crippen molar-refractivity contribution in [2.24, 2.45) is 0 Å². The van der Waals surface area contributed by atoms with E-state index in [-0.39, 0.29) is 0 Å². The van der Waals surface area contributed by atoms with Crippen LogP contribution in [-0.4, -0.2) is 39.4 Å². The zero-order chi connectivity index (χ0) is 11.7. The lowest BCUT2D eigenvalue weighted by Gasteiger charge is -2.32. The molecule has 1 aromatic rings. The second-order valence-electron chi connectivity index (χ2n) is 4.30. The lowest BCUT2D eigenvalue weighted by molar-refractivity contribution is 0.172. The van der Waals surface area contributed by atoms with Crippen molar-refractivity contribution in [2.75, 3.05) is 50.0 Å². The molecule has 0 bridgehead atoms. The summed E-state index contributed by atoms with van der Waals surface area (Å²) in [5, 5.41) is 3.33. The van der Waals surface area contributed by atoms with Crippen molar-refractivity contribution in [1.82, 2.24) is 5.32 Å². The molecule has 17 heavy (non-hydrogen) atoms. The van der Waals surface area contributed by atoms with Crippen molar-refractivity contribution >= 4 is 11.4 Å². The molecule has 0 amide bonds. The molecule has 2 aliphatic heterocycles. The highest BCUT2D eigenvalue weighted by atomic mass is 16.6. The number of fused-ring (bicyclic) bond motifs is 1. The molecule has 0 spiro atoms. The number of hydrogen-bond donors (Lipinski definition) is 2. The van der Waals surface area contributed by atoms with E-state index in [1.54, 1.807) is 0 Å². The summed E-state index contributed by atoms with van der Waals surface area (Å²) in [5.74, 6) is 1.61. The van der Waals surface area contributed by atoms with Crippen LogP contribution < -0.4 is 25.4 Å². The molecule has 3 N–H and O–H groups in total. The third-order valence-corrected chi connectivity index (χ3v) is 3.10. The van der Waals surface area contributed by atoms with Crippen LogP contribution in [0.15, 0.2) is 12.1 Å². The molecule has 1 aromatic carbocycles. The number of hydrogen-bond acceptors (Lipinski definition) is 5. The number of ether oxygens (including phenoxy) is 2. The van der Waals surface area contributed by atoms with E-state index in [9.17, 15) is 0 Å². The molecule has 0 aliphatic carbocycles. The smallest absolute Gasteiger partial charge is 0.184 e. The molecule has 2 aliphatic rings. The highest BCUT2D eigenvalue weighted by molar-refractivity contribution is 5.71. The van der Waals surface area contributed by atoms with Crippen LogP contribution in [0.4, 0.5) is 11.4 Å². The number of anilines is 2. The first kappa shape index (κ1) is 10.5. The Morgan fingerprint density at radius 1 is 1.12 bits per heavy atom. The largest absolute Gasteiger partial charge is 0.486 e. The summed E-state index contributed by atoms with van der Waals surface area (Å²) in [4.78, 5) is 2.29. The Hall–Kier alpha value is -1.62. The van der Waals surface area contributed by atoms with Gasteiger partial charge in [0.1, 0.15) is 13.2 Å². The number of benzene rings is 1. The van der Waals surface area contributed by atoms with Gasteiger partial charge in [0, 0.05) is 37.9 Å². The highest BCUT2D eigenvalue weighted by Crippen LogP contribution is 2.41. The first-order valence-corrected chi connectivity index (χ1v) is 5.99. The predicted molar refractivity (Wildman–Crippen MR) is 66.9 cm³/mol. The summed E-state index contributed by atoms with van der Waals surface area (Å²) >= 11 is 0. The fraction of sp³-hybridized carbons (Fsp3) is 0.500. The van der Waals surface area contributed by atoms with Crippen molar-refractivity contribution in [2.45, 2.75) is 0 Å². The Balaban J connectivity index is 1.98. The van der Waals surface area contributed by atoms with Crippen molar-refractivity contribution in [3.63, 3.8) is 0 Å². The fourth-order valence-electron chi connectivity index (χ4n) is 2.30. The van der Waals surface area contributed by atoms with E-state index >= 15 is 0 Å². The van der Waals surface area contributed by atoms with Gasteiger partial charge >= 0.3 is 0 Å². The topological polar surface area (TPSA) is 59.8 Å². The molecule has 0 unspecified atom stereocenters. The van der Waals surface area contributed by atoms with E-state index in [1.165, 1.54) is 0 Å². The van der Waals surface area contributed by atoms with Crippen LogP contribution >= 0.6 is 0 Å². The molecule has 0 saturated carbocycles. The van der Waals surface area contributed by atoms with Crippen LogP contribution in [0.3, 0.4) is 0 Å². The normalized spacial score (nSPS) is 19.2. The number of nitrogens with zero attached hydrogens (tertiary/aromatic N) is 1. The van der Waals surface area contributed by atoms with Gasteiger partial charge in [-0.05, 0) is 6.07 Å². The number of nitrogen functional groups attached to an aromatic ring is 1. The highest BCUT2D eigenvalue weighted by Gasteiger charge is 2.22. The van der Waals surface area contributed by atoms with Gasteiger partial charge in [-0.15, -0.1) is 0 Å². The summed E-state index contributed by atoms with van der Waals surface area (Å²) in [6.45, 7) is 5.13. The lowest BCUT2D eigenvalue weighted by Crippen LogP contribution is -2.43. The number of nitrogens with one attached hydrogen (secondary N) is 1. The van der Waals surface area contributed by atoms with E-state index in [4.69, 9.17) is 15.2 Å². The molecule has 0 atom stereocenters. The Kier molecular flexibility index (Phi) is 2.68. The monoisotopic (exact) mass is 235 g/mol. The quantitative estimate of drug-likeness (QED) is 0.692. The van der Waals surface area contributed by atoms with Crippen LogP contribution in [0.1, 0.15) is 0 Å². The predicted octanol–water partition coefficient (Wildman–Crippen LogP) is 0.450. The summed E-state index contributed by atoms with van der Waals surface area (Å²) in [5.41, 5.74) is 7.69. The Labute approximate surface area is 100 Å². The second kappa shape index (κ2) is 4.33. The first-order chi connectivity index (χ1) is 8.34. The van der Waals surface area contributed by atoms with Crippen LogP contribution in [0.5, 0.6) is 11.5 Å². The SMILES string of the molecule is Nc1cc2c(c(N3CCNCC3)c1)OCCO2. The molecule has 1 fully saturated rings. The first-order valence-electron chi connectivity index (χ1n) is 5.99. The average molecular weight is 235 g/mol. The summed E-state index contributed by atoms with van der Waals surface area (Å²) in [6.07, 6.45) is 0. The van der Waals surface area contributed by atoms with Crippen molar-refractivity contribution < 1.29 is 9.47 Å². The summed E-state index contributed by atoms with van der Waals surface area (Å²) < 4.78 is 11.3. The van der Waals surface area contributed by atoms with Crippen LogP contribution in [0.25, 0.3) is 0 Å². The van der Waals surface area contributed by atoms with Gasteiger partial charge in [0.05, 0.1) is 5.69 Å². The minimum atomic E-state index is 0.595. The average Bonchev–Trinajstić information content (AvgIpc) is 2.39. The molecule has 2 heterocycles. The Morgan fingerprint density at radius 2 is 1.88 bits per heavy atom. The molecular weight excluding hydrogens is 218 g/mol. The lowest BCUT2D eigenvalue weighted by atomic mass is 10.2. The molecule has 3 rings (SSSR count).